The van der Waals surface area contributed by atoms with Gasteiger partial charge in [-0.2, -0.15) is 0 Å². The van der Waals surface area contributed by atoms with Gasteiger partial charge in [-0.15, -0.1) is 5.10 Å². The molecule has 4 nitrogen and oxygen atoms in total. The maximum Gasteiger partial charge on any atom is 0.184 e. The second-order valence-corrected chi connectivity index (χ2v) is 1.90. The molecule has 1 radical (unpaired) electrons. The van der Waals surface area contributed by atoms with Gasteiger partial charge < -0.3 is 4.52 Å². The summed E-state index contributed by atoms with van der Waals surface area (Å²) in [7, 11) is 0. The lowest BCUT2D eigenvalue weighted by atomic mass is 10.1. The summed E-state index contributed by atoms with van der Waals surface area (Å²) in [6.45, 7) is 0. The zero-order chi connectivity index (χ0) is 6.97. The van der Waals surface area contributed by atoms with Gasteiger partial charge in [0, 0.05) is 5.27 Å². The van der Waals surface area contributed by atoms with E-state index in [1.54, 1.807) is 6.08 Å². The lowest BCUT2D eigenvalue weighted by Crippen LogP contribution is -2.01. The van der Waals surface area contributed by atoms with E-state index in [0.29, 0.717) is 11.5 Å². The van der Waals surface area contributed by atoms with Gasteiger partial charge in [0.25, 0.3) is 0 Å². The van der Waals surface area contributed by atoms with Crippen LogP contribution in [0.15, 0.2) is 10.6 Å². The first-order valence-corrected chi connectivity index (χ1v) is 2.75. The quantitative estimate of drug-likeness (QED) is 0.510. The van der Waals surface area contributed by atoms with Crippen molar-refractivity contribution in [1.82, 2.24) is 10.4 Å². The number of hydrogen-bond donors (Lipinski definition) is 0. The SMILES string of the molecule is O=C1[CH]c2nnoc2C=C1. The summed E-state index contributed by atoms with van der Waals surface area (Å²) in [4.78, 5) is 10.7. The van der Waals surface area contributed by atoms with Gasteiger partial charge in [0.2, 0.25) is 0 Å². The minimum absolute atomic E-state index is 0.0804. The molecule has 0 spiro atoms. The number of rotatable bonds is 0. The van der Waals surface area contributed by atoms with Crippen molar-refractivity contribution in [2.45, 2.75) is 0 Å². The van der Waals surface area contributed by atoms with E-state index in [-0.39, 0.29) is 5.78 Å². The first-order chi connectivity index (χ1) is 4.86. The van der Waals surface area contributed by atoms with Crippen LogP contribution in [0.25, 0.3) is 6.08 Å². The molecule has 1 aliphatic carbocycles. The number of ketones is 1. The second kappa shape index (κ2) is 1.76. The fourth-order valence-electron chi connectivity index (χ4n) is 0.761. The van der Waals surface area contributed by atoms with E-state index >= 15 is 0 Å². The fraction of sp³-hybridized carbons (Fsp3) is 0. The van der Waals surface area contributed by atoms with Gasteiger partial charge in [0.05, 0.1) is 6.42 Å². The molecule has 10 heavy (non-hydrogen) atoms. The van der Waals surface area contributed by atoms with Crippen LogP contribution in [0, 0.1) is 6.42 Å². The molecular weight excluding hydrogens is 132 g/mol. The first kappa shape index (κ1) is 5.34. The lowest BCUT2D eigenvalue weighted by molar-refractivity contribution is -0.111. The standard InChI is InChI=1S/C6H3N2O2/c9-4-1-2-6-5(3-4)7-8-10-6/h1-3H. The normalized spacial score (nSPS) is 15.4. The molecule has 0 atom stereocenters. The Morgan fingerprint density at radius 2 is 2.30 bits per heavy atom. The van der Waals surface area contributed by atoms with Gasteiger partial charge in [0.1, 0.15) is 5.69 Å². The summed E-state index contributed by atoms with van der Waals surface area (Å²) < 4.78 is 4.67. The Morgan fingerprint density at radius 3 is 3.20 bits per heavy atom. The minimum atomic E-state index is -0.0804. The molecule has 1 aliphatic rings. The molecule has 4 heteroatoms. The predicted molar refractivity (Wildman–Crippen MR) is 31.7 cm³/mol. The molecule has 0 N–H and O–H groups in total. The van der Waals surface area contributed by atoms with Crippen molar-refractivity contribution in [3.63, 3.8) is 0 Å². The van der Waals surface area contributed by atoms with Crippen LogP contribution in [-0.4, -0.2) is 16.2 Å². The van der Waals surface area contributed by atoms with Gasteiger partial charge >= 0.3 is 0 Å². The zero-order valence-corrected chi connectivity index (χ0v) is 4.94. The number of nitrogens with zero attached hydrogens (tertiary/aromatic N) is 2. The summed E-state index contributed by atoms with van der Waals surface area (Å²) in [6, 6.07) is 0. The van der Waals surface area contributed by atoms with Crippen molar-refractivity contribution in [1.29, 1.82) is 0 Å². The lowest BCUT2D eigenvalue weighted by Gasteiger charge is -1.95. The third-order valence-corrected chi connectivity index (χ3v) is 1.22. The molecule has 0 bridgehead atoms. The van der Waals surface area contributed by atoms with E-state index in [9.17, 15) is 4.79 Å². The molecule has 0 unspecified atom stereocenters. The van der Waals surface area contributed by atoms with Crippen LogP contribution in [0.1, 0.15) is 11.5 Å². The van der Waals surface area contributed by atoms with E-state index in [4.69, 9.17) is 0 Å². The highest BCUT2D eigenvalue weighted by atomic mass is 16.5. The highest BCUT2D eigenvalue weighted by Crippen LogP contribution is 2.14. The smallest absolute Gasteiger partial charge is 0.184 e. The average Bonchev–Trinajstić information content (AvgIpc) is 2.33. The van der Waals surface area contributed by atoms with Crippen molar-refractivity contribution in [3.8, 4) is 0 Å². The zero-order valence-electron chi connectivity index (χ0n) is 4.94. The van der Waals surface area contributed by atoms with Crippen LogP contribution in [0.3, 0.4) is 0 Å². The number of aromatic nitrogens is 2. The van der Waals surface area contributed by atoms with E-state index in [2.05, 4.69) is 14.9 Å². The number of carbonyl (C=O) groups is 1. The molecule has 49 valence electrons. The first-order valence-electron chi connectivity index (χ1n) is 2.75. The molecule has 0 saturated heterocycles. The molecule has 0 amide bonds. The highest BCUT2D eigenvalue weighted by Gasteiger charge is 2.15. The summed E-state index contributed by atoms with van der Waals surface area (Å²) in [6.07, 6.45) is 4.35. The van der Waals surface area contributed by atoms with Crippen molar-refractivity contribution in [2.75, 3.05) is 0 Å². The van der Waals surface area contributed by atoms with Gasteiger partial charge in [-0.05, 0) is 12.2 Å². The topological polar surface area (TPSA) is 56.0 Å². The summed E-state index contributed by atoms with van der Waals surface area (Å²) >= 11 is 0. The Kier molecular flexibility index (Phi) is 0.943. The third kappa shape index (κ3) is 0.655. The molecule has 1 aromatic rings. The van der Waals surface area contributed by atoms with Crippen molar-refractivity contribution in [3.05, 3.63) is 24.0 Å². The predicted octanol–water partition coefficient (Wildman–Crippen LogP) is 0.218. The van der Waals surface area contributed by atoms with Crippen LogP contribution in [0.2, 0.25) is 0 Å². The number of hydrogen-bond acceptors (Lipinski definition) is 4. The second-order valence-electron chi connectivity index (χ2n) is 1.90. The molecule has 1 aromatic heterocycles. The Hall–Kier alpha value is -1.45. The monoisotopic (exact) mass is 135 g/mol. The molecule has 0 saturated carbocycles. The van der Waals surface area contributed by atoms with Gasteiger partial charge in [0.15, 0.2) is 11.5 Å². The molecule has 1 heterocycles. The van der Waals surface area contributed by atoms with E-state index in [0.717, 1.165) is 0 Å². The van der Waals surface area contributed by atoms with E-state index in [1.807, 2.05) is 0 Å². The Labute approximate surface area is 56.5 Å². The Bertz CT molecular complexity index is 300. The van der Waals surface area contributed by atoms with Crippen LogP contribution in [-0.2, 0) is 4.79 Å². The van der Waals surface area contributed by atoms with Gasteiger partial charge in [-0.3, -0.25) is 4.79 Å². The van der Waals surface area contributed by atoms with Crippen LogP contribution in [0.4, 0.5) is 0 Å². The van der Waals surface area contributed by atoms with Crippen molar-refractivity contribution >= 4 is 11.9 Å². The highest BCUT2D eigenvalue weighted by molar-refractivity contribution is 6.04. The van der Waals surface area contributed by atoms with Gasteiger partial charge in [-0.25, -0.2) is 0 Å². The van der Waals surface area contributed by atoms with Crippen molar-refractivity contribution < 1.29 is 9.32 Å². The van der Waals surface area contributed by atoms with E-state index in [1.165, 1.54) is 12.5 Å². The van der Waals surface area contributed by atoms with Gasteiger partial charge in [-0.1, -0.05) is 0 Å². The van der Waals surface area contributed by atoms with Crippen LogP contribution < -0.4 is 0 Å². The maximum atomic E-state index is 10.7. The average molecular weight is 135 g/mol. The Balaban J connectivity index is 2.52. The molecule has 0 fully saturated rings. The third-order valence-electron chi connectivity index (χ3n) is 1.22. The van der Waals surface area contributed by atoms with Crippen LogP contribution >= 0.6 is 0 Å². The molecule has 2 rings (SSSR count). The van der Waals surface area contributed by atoms with Crippen LogP contribution in [0.5, 0.6) is 0 Å². The van der Waals surface area contributed by atoms with Crippen molar-refractivity contribution in [2.24, 2.45) is 0 Å². The van der Waals surface area contributed by atoms with E-state index < -0.39 is 0 Å². The largest absolute Gasteiger partial charge is 0.337 e. The molecule has 0 aromatic carbocycles. The summed E-state index contributed by atoms with van der Waals surface area (Å²) in [5.74, 6) is 0.461. The number of allylic oxidation sites excluding steroid dienone is 1. The minimum Gasteiger partial charge on any atom is -0.337 e. The number of carbonyl (C=O) groups excluding carboxylic acids is 1. The fourth-order valence-corrected chi connectivity index (χ4v) is 0.761. The summed E-state index contributed by atoms with van der Waals surface area (Å²) in [5, 5.41) is 6.84. The molecular formula is C6H3N2O2. The number of fused-ring (bicyclic) bond motifs is 1. The summed E-state index contributed by atoms with van der Waals surface area (Å²) in [5.41, 5.74) is 0.507. The molecule has 0 aliphatic heterocycles. The Morgan fingerprint density at radius 1 is 1.40 bits per heavy atom. The maximum absolute atomic E-state index is 10.7.